The third kappa shape index (κ3) is 5.27. The van der Waals surface area contributed by atoms with E-state index in [0.717, 1.165) is 6.07 Å². The van der Waals surface area contributed by atoms with Crippen molar-refractivity contribution in [3.63, 3.8) is 0 Å². The van der Waals surface area contributed by atoms with Crippen LogP contribution in [-0.2, 0) is 19.4 Å². The Hall–Kier alpha value is -1.96. The maximum absolute atomic E-state index is 13.0. The number of hydrogen-bond acceptors (Lipinski definition) is 6. The topological polar surface area (TPSA) is 92.7 Å². The molecule has 0 amide bonds. The number of carbonyl (C=O) groups excluding carboxylic acids is 1. The van der Waals surface area contributed by atoms with Gasteiger partial charge in [-0.15, -0.1) is 0 Å². The Labute approximate surface area is 161 Å². The summed E-state index contributed by atoms with van der Waals surface area (Å²) in [6.07, 6.45) is -0.435. The zero-order valence-corrected chi connectivity index (χ0v) is 16.1. The number of anilines is 1. The van der Waals surface area contributed by atoms with Crippen LogP contribution in [0.25, 0.3) is 0 Å². The molecule has 2 aromatic rings. The van der Waals surface area contributed by atoms with E-state index in [0.29, 0.717) is 15.7 Å². The fourth-order valence-electron chi connectivity index (χ4n) is 2.26. The second-order valence-electron chi connectivity index (χ2n) is 5.34. The molecule has 2 rings (SSSR count). The zero-order chi connectivity index (χ0) is 19.3. The van der Waals surface area contributed by atoms with Gasteiger partial charge in [0, 0.05) is 15.7 Å². The highest BCUT2D eigenvalue weighted by atomic mass is 35.5. The number of rotatable bonds is 7. The lowest BCUT2D eigenvalue weighted by atomic mass is 10.3. The maximum Gasteiger partial charge on any atom is 0.308 e. The molecular weight excluding hydrogens is 401 g/mol. The fraction of sp³-hybridized carbons (Fsp3) is 0.235. The van der Waals surface area contributed by atoms with Crippen molar-refractivity contribution in [3.05, 3.63) is 52.5 Å². The van der Waals surface area contributed by atoms with Crippen molar-refractivity contribution < 1.29 is 23.1 Å². The molecule has 0 saturated carbocycles. The van der Waals surface area contributed by atoms with Crippen LogP contribution in [0.15, 0.2) is 47.4 Å². The van der Waals surface area contributed by atoms with Crippen LogP contribution >= 0.6 is 23.2 Å². The Morgan fingerprint density at radius 2 is 1.85 bits per heavy atom. The van der Waals surface area contributed by atoms with Gasteiger partial charge in [0.25, 0.3) is 0 Å². The van der Waals surface area contributed by atoms with Gasteiger partial charge < -0.3 is 15.2 Å². The highest BCUT2D eigenvalue weighted by Crippen LogP contribution is 2.27. The first-order valence-corrected chi connectivity index (χ1v) is 9.93. The normalized spacial score (nSPS) is 12.4. The third-order valence-electron chi connectivity index (χ3n) is 3.37. The van der Waals surface area contributed by atoms with E-state index in [4.69, 9.17) is 27.9 Å². The van der Waals surface area contributed by atoms with Crippen molar-refractivity contribution in [2.45, 2.75) is 23.6 Å². The van der Waals surface area contributed by atoms with Gasteiger partial charge in [0.2, 0.25) is 0 Å². The minimum Gasteiger partial charge on any atom is -0.508 e. The molecule has 140 valence electrons. The lowest BCUT2D eigenvalue weighted by Crippen LogP contribution is -2.33. The number of phenols is 1. The summed E-state index contributed by atoms with van der Waals surface area (Å²) in [5.74, 6) is -0.881. The van der Waals surface area contributed by atoms with Crippen LogP contribution in [0.4, 0.5) is 5.69 Å². The molecule has 0 saturated heterocycles. The van der Waals surface area contributed by atoms with E-state index < -0.39 is 27.6 Å². The quantitative estimate of drug-likeness (QED) is 0.664. The van der Waals surface area contributed by atoms with Gasteiger partial charge in [-0.2, -0.15) is 0 Å². The zero-order valence-electron chi connectivity index (χ0n) is 13.8. The van der Waals surface area contributed by atoms with Crippen molar-refractivity contribution in [1.29, 1.82) is 0 Å². The van der Waals surface area contributed by atoms with Crippen molar-refractivity contribution in [3.8, 4) is 5.75 Å². The van der Waals surface area contributed by atoms with Gasteiger partial charge in [0.1, 0.15) is 11.1 Å². The van der Waals surface area contributed by atoms with E-state index in [-0.39, 0.29) is 17.3 Å². The van der Waals surface area contributed by atoms with E-state index >= 15 is 0 Å². The van der Waals surface area contributed by atoms with Crippen LogP contribution in [0.5, 0.6) is 5.75 Å². The van der Waals surface area contributed by atoms with Crippen molar-refractivity contribution >= 4 is 44.7 Å². The van der Waals surface area contributed by atoms with Crippen LogP contribution in [0.3, 0.4) is 0 Å². The van der Waals surface area contributed by atoms with Gasteiger partial charge >= 0.3 is 5.97 Å². The summed E-state index contributed by atoms with van der Waals surface area (Å²) in [5.41, 5.74) is 0.334. The van der Waals surface area contributed by atoms with Crippen molar-refractivity contribution in [2.24, 2.45) is 0 Å². The lowest BCUT2D eigenvalue weighted by molar-refractivity contribution is -0.143. The molecule has 26 heavy (non-hydrogen) atoms. The summed E-state index contributed by atoms with van der Waals surface area (Å²) in [7, 11) is -4.02. The van der Waals surface area contributed by atoms with Crippen LogP contribution < -0.4 is 5.32 Å². The maximum atomic E-state index is 13.0. The van der Waals surface area contributed by atoms with E-state index in [9.17, 15) is 18.3 Å². The van der Waals surface area contributed by atoms with Gasteiger partial charge in [0.05, 0.1) is 17.9 Å². The first-order valence-electron chi connectivity index (χ1n) is 7.63. The fourth-order valence-corrected chi connectivity index (χ4v) is 4.31. The van der Waals surface area contributed by atoms with Crippen LogP contribution in [0.2, 0.25) is 10.0 Å². The molecule has 0 fully saturated rings. The van der Waals surface area contributed by atoms with Crippen LogP contribution in [-0.4, -0.2) is 31.5 Å². The number of esters is 1. The smallest absolute Gasteiger partial charge is 0.308 e. The molecule has 6 nitrogen and oxygen atoms in total. The van der Waals surface area contributed by atoms with Crippen molar-refractivity contribution in [2.75, 3.05) is 11.9 Å². The van der Waals surface area contributed by atoms with Crippen molar-refractivity contribution in [1.82, 2.24) is 0 Å². The highest BCUT2D eigenvalue weighted by molar-refractivity contribution is 7.92. The molecule has 0 aliphatic rings. The molecule has 0 radical (unpaired) electrons. The van der Waals surface area contributed by atoms with Gasteiger partial charge in [-0.05, 0) is 43.3 Å². The molecule has 0 spiro atoms. The minimum absolute atomic E-state index is 0.126. The number of ether oxygens (including phenoxy) is 1. The first kappa shape index (κ1) is 20.4. The molecule has 0 bridgehead atoms. The number of benzene rings is 2. The SMILES string of the molecule is CCOC(=O)CC(Nc1cc(Cl)cc(Cl)c1)S(=O)(=O)c1cccc(O)c1. The number of hydrogen-bond donors (Lipinski definition) is 2. The first-order chi connectivity index (χ1) is 12.2. The van der Waals surface area contributed by atoms with Crippen LogP contribution in [0.1, 0.15) is 13.3 Å². The second kappa shape index (κ2) is 8.62. The molecule has 9 heteroatoms. The van der Waals surface area contributed by atoms with Crippen LogP contribution in [0, 0.1) is 0 Å². The number of nitrogens with one attached hydrogen (secondary N) is 1. The molecule has 2 aromatic carbocycles. The Balaban J connectivity index is 2.41. The van der Waals surface area contributed by atoms with E-state index in [1.165, 1.54) is 36.4 Å². The predicted molar refractivity (Wildman–Crippen MR) is 100 cm³/mol. The number of halogens is 2. The number of phenolic OH excluding ortho intramolecular Hbond substituents is 1. The average molecular weight is 418 g/mol. The Kier molecular flexibility index (Phi) is 6.75. The van der Waals surface area contributed by atoms with Gasteiger partial charge in [-0.3, -0.25) is 4.79 Å². The standard InChI is InChI=1S/C17H17Cl2NO5S/c1-2-25-17(22)10-16(20-13-7-11(18)6-12(19)8-13)26(23,24)15-5-3-4-14(21)9-15/h3-9,16,20-21H,2,10H2,1H3. The number of sulfone groups is 1. The molecule has 1 atom stereocenters. The Morgan fingerprint density at radius 3 is 2.42 bits per heavy atom. The van der Waals surface area contributed by atoms with Gasteiger partial charge in [0.15, 0.2) is 9.84 Å². The van der Waals surface area contributed by atoms with Gasteiger partial charge in [-0.1, -0.05) is 29.3 Å². The molecule has 2 N–H and O–H groups in total. The molecule has 0 aromatic heterocycles. The Morgan fingerprint density at radius 1 is 1.19 bits per heavy atom. The highest BCUT2D eigenvalue weighted by Gasteiger charge is 2.31. The largest absolute Gasteiger partial charge is 0.508 e. The summed E-state index contributed by atoms with van der Waals surface area (Å²) >= 11 is 11.9. The summed E-state index contributed by atoms with van der Waals surface area (Å²) < 4.78 is 30.8. The predicted octanol–water partition coefficient (Wildman–Crippen LogP) is 3.86. The van der Waals surface area contributed by atoms with E-state index in [1.807, 2.05) is 0 Å². The molecule has 1 unspecified atom stereocenters. The summed E-state index contributed by atoms with van der Waals surface area (Å²) in [4.78, 5) is 11.8. The lowest BCUT2D eigenvalue weighted by Gasteiger charge is -2.20. The minimum atomic E-state index is -4.02. The summed E-state index contributed by atoms with van der Waals surface area (Å²) in [6.45, 7) is 1.75. The monoisotopic (exact) mass is 417 g/mol. The second-order valence-corrected chi connectivity index (χ2v) is 8.35. The molecule has 0 aliphatic carbocycles. The summed E-state index contributed by atoms with van der Waals surface area (Å²) in [5, 5.41) is 11.6. The van der Waals surface area contributed by atoms with E-state index in [1.54, 1.807) is 6.92 Å². The molecule has 0 heterocycles. The van der Waals surface area contributed by atoms with E-state index in [2.05, 4.69) is 5.32 Å². The third-order valence-corrected chi connectivity index (χ3v) is 5.75. The number of carbonyl (C=O) groups is 1. The average Bonchev–Trinajstić information content (AvgIpc) is 2.53. The van der Waals surface area contributed by atoms with Gasteiger partial charge in [-0.25, -0.2) is 8.42 Å². The molecule has 0 aliphatic heterocycles. The number of aromatic hydroxyl groups is 1. The molecular formula is C17H17Cl2NO5S. The summed E-state index contributed by atoms with van der Waals surface area (Å²) in [6, 6.07) is 9.68. The Bertz CT molecular complexity index is 882.